The Morgan fingerprint density at radius 3 is 2.74 bits per heavy atom. The van der Waals surface area contributed by atoms with E-state index in [-0.39, 0.29) is 11.9 Å². The van der Waals surface area contributed by atoms with E-state index in [1.54, 1.807) is 0 Å². The first-order valence-electron chi connectivity index (χ1n) is 10.4. The second-order valence-corrected chi connectivity index (χ2v) is 8.07. The van der Waals surface area contributed by atoms with Crippen LogP contribution in [0.25, 0.3) is 11.3 Å². The summed E-state index contributed by atoms with van der Waals surface area (Å²) in [4.78, 5) is 14.8. The molecule has 5 heteroatoms. The highest BCUT2D eigenvalue weighted by Crippen LogP contribution is 2.27. The molecule has 2 N–H and O–H groups in total. The second-order valence-electron chi connectivity index (χ2n) is 8.07. The summed E-state index contributed by atoms with van der Waals surface area (Å²) in [7, 11) is 0. The summed E-state index contributed by atoms with van der Waals surface area (Å²) in [5, 5.41) is 10.9. The lowest BCUT2D eigenvalue weighted by atomic mass is 9.87. The molecule has 2 aliphatic rings. The molecule has 1 aromatic heterocycles. The highest BCUT2D eigenvalue weighted by molar-refractivity contribution is 5.76. The SMILES string of the molecule is O=C(CC1CCCCC1)NC1CCCN(c2cc(-c3ccccc3)[nH]n2)C1. The van der Waals surface area contributed by atoms with E-state index < -0.39 is 0 Å². The van der Waals surface area contributed by atoms with E-state index in [4.69, 9.17) is 0 Å². The first-order chi connectivity index (χ1) is 13.3. The van der Waals surface area contributed by atoms with Gasteiger partial charge in [-0.3, -0.25) is 9.89 Å². The molecule has 144 valence electrons. The molecule has 1 aromatic carbocycles. The van der Waals surface area contributed by atoms with Crippen LogP contribution in [0.15, 0.2) is 36.4 Å². The third-order valence-electron chi connectivity index (χ3n) is 5.96. The van der Waals surface area contributed by atoms with Crippen molar-refractivity contribution < 1.29 is 4.79 Å². The molecule has 27 heavy (non-hydrogen) atoms. The summed E-state index contributed by atoms with van der Waals surface area (Å²) < 4.78 is 0. The number of benzene rings is 1. The van der Waals surface area contributed by atoms with Crippen LogP contribution >= 0.6 is 0 Å². The van der Waals surface area contributed by atoms with E-state index in [1.165, 1.54) is 32.1 Å². The zero-order valence-electron chi connectivity index (χ0n) is 16.0. The summed E-state index contributed by atoms with van der Waals surface area (Å²) in [6.07, 6.45) is 9.21. The van der Waals surface area contributed by atoms with Crippen molar-refractivity contribution in [2.75, 3.05) is 18.0 Å². The van der Waals surface area contributed by atoms with E-state index in [0.717, 1.165) is 43.0 Å². The van der Waals surface area contributed by atoms with Crippen LogP contribution in [0.1, 0.15) is 51.4 Å². The number of hydrogen-bond acceptors (Lipinski definition) is 3. The molecule has 1 aliphatic heterocycles. The van der Waals surface area contributed by atoms with Gasteiger partial charge in [0.25, 0.3) is 0 Å². The van der Waals surface area contributed by atoms with Gasteiger partial charge >= 0.3 is 0 Å². The highest BCUT2D eigenvalue weighted by atomic mass is 16.1. The van der Waals surface area contributed by atoms with Crippen molar-refractivity contribution in [2.24, 2.45) is 5.92 Å². The Morgan fingerprint density at radius 1 is 1.11 bits per heavy atom. The Bertz CT molecular complexity index is 736. The molecule has 2 heterocycles. The van der Waals surface area contributed by atoms with Crippen molar-refractivity contribution in [1.82, 2.24) is 15.5 Å². The molecule has 1 saturated heterocycles. The molecule has 2 fully saturated rings. The van der Waals surface area contributed by atoms with Gasteiger partial charge in [-0.2, -0.15) is 5.10 Å². The molecule has 5 nitrogen and oxygen atoms in total. The van der Waals surface area contributed by atoms with E-state index >= 15 is 0 Å². The quantitative estimate of drug-likeness (QED) is 0.836. The molecule has 1 unspecified atom stereocenters. The van der Waals surface area contributed by atoms with Crippen LogP contribution in [-0.4, -0.2) is 35.2 Å². The van der Waals surface area contributed by atoms with Gasteiger partial charge in [0.15, 0.2) is 5.82 Å². The molecule has 0 spiro atoms. The zero-order chi connectivity index (χ0) is 18.5. The molecule has 1 atom stereocenters. The van der Waals surface area contributed by atoms with Crippen LogP contribution in [0.2, 0.25) is 0 Å². The Labute approximate surface area is 161 Å². The van der Waals surface area contributed by atoms with Crippen molar-refractivity contribution in [3.05, 3.63) is 36.4 Å². The molecule has 0 bridgehead atoms. The van der Waals surface area contributed by atoms with Crippen molar-refractivity contribution in [1.29, 1.82) is 0 Å². The number of aromatic nitrogens is 2. The molecule has 4 rings (SSSR count). The maximum atomic E-state index is 12.5. The minimum absolute atomic E-state index is 0.228. The summed E-state index contributed by atoms with van der Waals surface area (Å²) >= 11 is 0. The number of carbonyl (C=O) groups is 1. The summed E-state index contributed by atoms with van der Waals surface area (Å²) in [6, 6.07) is 12.6. The lowest BCUT2D eigenvalue weighted by Crippen LogP contribution is -2.48. The molecular formula is C22H30N4O. The van der Waals surface area contributed by atoms with Crippen molar-refractivity contribution in [2.45, 2.75) is 57.4 Å². The van der Waals surface area contributed by atoms with Crippen LogP contribution in [0, 0.1) is 5.92 Å². The summed E-state index contributed by atoms with van der Waals surface area (Å²) in [6.45, 7) is 1.84. The average molecular weight is 367 g/mol. The van der Waals surface area contributed by atoms with Gasteiger partial charge in [0.05, 0.1) is 5.69 Å². The highest BCUT2D eigenvalue weighted by Gasteiger charge is 2.24. The van der Waals surface area contributed by atoms with Gasteiger partial charge < -0.3 is 10.2 Å². The fourth-order valence-corrected chi connectivity index (χ4v) is 4.48. The van der Waals surface area contributed by atoms with Crippen LogP contribution < -0.4 is 10.2 Å². The van der Waals surface area contributed by atoms with Crippen LogP contribution in [-0.2, 0) is 4.79 Å². The van der Waals surface area contributed by atoms with E-state index in [0.29, 0.717) is 12.3 Å². The normalized spacial score (nSPS) is 21.2. The smallest absolute Gasteiger partial charge is 0.220 e. The monoisotopic (exact) mass is 366 g/mol. The number of aromatic amines is 1. The van der Waals surface area contributed by atoms with Crippen LogP contribution in [0.5, 0.6) is 0 Å². The molecule has 1 saturated carbocycles. The Balaban J connectivity index is 1.33. The van der Waals surface area contributed by atoms with Crippen LogP contribution in [0.4, 0.5) is 5.82 Å². The first-order valence-corrected chi connectivity index (χ1v) is 10.4. The number of anilines is 1. The average Bonchev–Trinajstić information content (AvgIpc) is 3.20. The zero-order valence-corrected chi connectivity index (χ0v) is 16.0. The van der Waals surface area contributed by atoms with Gasteiger partial charge in [-0.25, -0.2) is 0 Å². The van der Waals surface area contributed by atoms with E-state index in [1.807, 2.05) is 18.2 Å². The minimum Gasteiger partial charge on any atom is -0.353 e. The van der Waals surface area contributed by atoms with E-state index in [2.05, 4.69) is 38.6 Å². The molecule has 2 aromatic rings. The number of carbonyl (C=O) groups excluding carboxylic acids is 1. The Hall–Kier alpha value is -2.30. The first kappa shape index (κ1) is 18.1. The fraction of sp³-hybridized carbons (Fsp3) is 0.545. The van der Waals surface area contributed by atoms with Crippen molar-refractivity contribution in [3.63, 3.8) is 0 Å². The van der Waals surface area contributed by atoms with Gasteiger partial charge in [0.1, 0.15) is 0 Å². The largest absolute Gasteiger partial charge is 0.353 e. The van der Waals surface area contributed by atoms with Gasteiger partial charge in [-0.1, -0.05) is 49.6 Å². The Morgan fingerprint density at radius 2 is 1.93 bits per heavy atom. The predicted molar refractivity (Wildman–Crippen MR) is 109 cm³/mol. The summed E-state index contributed by atoms with van der Waals surface area (Å²) in [5.41, 5.74) is 2.18. The Kier molecular flexibility index (Phi) is 5.75. The predicted octanol–water partition coefficient (Wildman–Crippen LogP) is 4.13. The summed E-state index contributed by atoms with van der Waals surface area (Å²) in [5.74, 6) is 1.80. The number of H-pyrrole nitrogens is 1. The number of rotatable bonds is 5. The molecule has 1 amide bonds. The van der Waals surface area contributed by atoms with Crippen molar-refractivity contribution in [3.8, 4) is 11.3 Å². The van der Waals surface area contributed by atoms with Crippen LogP contribution in [0.3, 0.4) is 0 Å². The minimum atomic E-state index is 0.228. The number of amides is 1. The van der Waals surface area contributed by atoms with Gasteiger partial charge in [0, 0.05) is 31.6 Å². The lowest BCUT2D eigenvalue weighted by molar-refractivity contribution is -0.123. The van der Waals surface area contributed by atoms with Gasteiger partial charge in [-0.05, 0) is 37.2 Å². The standard InChI is InChI=1S/C22H30N4O/c27-22(14-17-8-3-1-4-9-17)23-19-12-7-13-26(16-19)21-15-20(24-25-21)18-10-5-2-6-11-18/h2,5-6,10-11,15,17,19H,1,3-4,7-9,12-14,16H2,(H,23,27)(H,24,25). The fourth-order valence-electron chi connectivity index (χ4n) is 4.48. The second kappa shape index (κ2) is 8.59. The number of hydrogen-bond donors (Lipinski definition) is 2. The third kappa shape index (κ3) is 4.71. The van der Waals surface area contributed by atoms with Gasteiger partial charge in [-0.15, -0.1) is 0 Å². The number of nitrogens with one attached hydrogen (secondary N) is 2. The van der Waals surface area contributed by atoms with Crippen molar-refractivity contribution >= 4 is 11.7 Å². The number of piperidine rings is 1. The lowest BCUT2D eigenvalue weighted by Gasteiger charge is -2.33. The molecular weight excluding hydrogens is 336 g/mol. The topological polar surface area (TPSA) is 61.0 Å². The number of nitrogens with zero attached hydrogens (tertiary/aromatic N) is 2. The molecule has 1 aliphatic carbocycles. The maximum absolute atomic E-state index is 12.5. The van der Waals surface area contributed by atoms with Gasteiger partial charge in [0.2, 0.25) is 5.91 Å². The molecule has 0 radical (unpaired) electrons. The third-order valence-corrected chi connectivity index (χ3v) is 5.96. The van der Waals surface area contributed by atoms with E-state index in [9.17, 15) is 4.79 Å². The maximum Gasteiger partial charge on any atom is 0.220 e.